The quantitative estimate of drug-likeness (QED) is 0.597. The van der Waals surface area contributed by atoms with Gasteiger partial charge in [-0.3, -0.25) is 0 Å². The second kappa shape index (κ2) is 8.35. The average Bonchev–Trinajstić information content (AvgIpc) is 2.87. The number of aliphatic hydroxyl groups excluding tert-OH is 1. The monoisotopic (exact) mass is 392 g/mol. The molecule has 1 heterocycles. The van der Waals surface area contributed by atoms with Crippen LogP contribution in [0.2, 0.25) is 5.02 Å². The van der Waals surface area contributed by atoms with E-state index in [-0.39, 0.29) is 6.61 Å². The molecule has 6 heteroatoms. The van der Waals surface area contributed by atoms with Crippen molar-refractivity contribution in [2.45, 2.75) is 39.7 Å². The van der Waals surface area contributed by atoms with E-state index in [1.165, 1.54) is 11.3 Å². The molecule has 3 aromatic rings. The summed E-state index contributed by atoms with van der Waals surface area (Å²) >= 11 is 7.46. The number of nitrogen functional groups attached to an aromatic ring is 1. The molecule has 26 heavy (non-hydrogen) atoms. The first-order valence-corrected chi connectivity index (χ1v) is 9.57. The molecular weight excluding hydrogens is 368 g/mol. The second-order valence-corrected chi connectivity index (χ2v) is 8.57. The van der Waals surface area contributed by atoms with Crippen LogP contribution in [0.5, 0.6) is 0 Å². The lowest BCUT2D eigenvalue weighted by Crippen LogP contribution is -2.10. The number of halogens is 1. The maximum atomic E-state index is 9.38. The molecule has 0 aliphatic heterocycles. The Morgan fingerprint density at radius 3 is 2.31 bits per heavy atom. The topological polar surface area (TPSA) is 79.4 Å². The van der Waals surface area contributed by atoms with Crippen LogP contribution in [-0.2, 0) is 6.42 Å². The summed E-state index contributed by atoms with van der Waals surface area (Å²) in [4.78, 5) is 4.39. The third-order valence-electron chi connectivity index (χ3n) is 3.52. The summed E-state index contributed by atoms with van der Waals surface area (Å²) in [6.07, 6.45) is 0.609. The van der Waals surface area contributed by atoms with Crippen molar-refractivity contribution in [3.8, 4) is 11.1 Å². The van der Waals surface area contributed by atoms with Crippen LogP contribution in [-0.4, -0.2) is 27.4 Å². The van der Waals surface area contributed by atoms with E-state index < -0.39 is 5.60 Å². The molecule has 2 aromatic carbocycles. The van der Waals surface area contributed by atoms with Crippen LogP contribution in [0.3, 0.4) is 0 Å². The molecular formula is C20H25ClN2O2S. The Balaban J connectivity index is 0.000000431. The van der Waals surface area contributed by atoms with Crippen molar-refractivity contribution in [1.82, 2.24) is 4.98 Å². The molecule has 0 aliphatic rings. The molecule has 0 amide bonds. The van der Waals surface area contributed by atoms with E-state index in [9.17, 15) is 5.11 Å². The fraction of sp³-hybridized carbons (Fsp3) is 0.350. The summed E-state index contributed by atoms with van der Waals surface area (Å²) in [5, 5.41) is 19.2. The molecule has 1 aromatic heterocycles. The molecule has 0 unspecified atom stereocenters. The summed E-state index contributed by atoms with van der Waals surface area (Å²) in [5.41, 5.74) is 10.7. The third-order valence-corrected chi connectivity index (χ3v) is 4.69. The molecule has 0 aliphatic carbocycles. The van der Waals surface area contributed by atoms with E-state index in [1.807, 2.05) is 37.3 Å². The number of nitrogens with zero attached hydrogens (tertiary/aromatic N) is 1. The highest BCUT2D eigenvalue weighted by Gasteiger charge is 2.16. The molecule has 0 bridgehead atoms. The Hall–Kier alpha value is -1.66. The maximum absolute atomic E-state index is 9.38. The highest BCUT2D eigenvalue weighted by Crippen LogP contribution is 2.39. The normalized spacial score (nSPS) is 11.3. The van der Waals surface area contributed by atoms with Gasteiger partial charge in [0.25, 0.3) is 0 Å². The number of aromatic nitrogens is 1. The van der Waals surface area contributed by atoms with Crippen molar-refractivity contribution in [2.75, 3.05) is 12.3 Å². The Kier molecular flexibility index (Phi) is 6.64. The van der Waals surface area contributed by atoms with E-state index in [4.69, 9.17) is 22.4 Å². The second-order valence-electron chi connectivity index (χ2n) is 7.10. The molecule has 0 saturated heterocycles. The van der Waals surface area contributed by atoms with Gasteiger partial charge in [0, 0.05) is 17.2 Å². The Morgan fingerprint density at radius 1 is 1.19 bits per heavy atom. The molecule has 0 spiro atoms. The van der Waals surface area contributed by atoms with Gasteiger partial charge in [-0.05, 0) is 69.0 Å². The predicted octanol–water partition coefficient (Wildman–Crippen LogP) is 4.82. The SMILES string of the molecule is CC(C)(C)O.Cc1cc2nc(N)sc2c(-c2ccc(Cl)cc2)c1CCO. The van der Waals surface area contributed by atoms with Gasteiger partial charge in [-0.2, -0.15) is 0 Å². The zero-order chi connectivity index (χ0) is 19.5. The van der Waals surface area contributed by atoms with Gasteiger partial charge >= 0.3 is 0 Å². The lowest BCUT2D eigenvalue weighted by Gasteiger charge is -2.13. The van der Waals surface area contributed by atoms with Crippen LogP contribution < -0.4 is 5.73 Å². The van der Waals surface area contributed by atoms with Crippen molar-refractivity contribution < 1.29 is 10.2 Å². The van der Waals surface area contributed by atoms with Crippen molar-refractivity contribution in [3.63, 3.8) is 0 Å². The van der Waals surface area contributed by atoms with E-state index in [2.05, 4.69) is 4.98 Å². The van der Waals surface area contributed by atoms with Crippen LogP contribution in [0.25, 0.3) is 21.3 Å². The maximum Gasteiger partial charge on any atom is 0.181 e. The smallest absolute Gasteiger partial charge is 0.181 e. The number of rotatable bonds is 3. The van der Waals surface area contributed by atoms with E-state index >= 15 is 0 Å². The minimum atomic E-state index is -0.500. The molecule has 3 rings (SSSR count). The summed E-state index contributed by atoms with van der Waals surface area (Å²) in [7, 11) is 0. The highest BCUT2D eigenvalue weighted by atomic mass is 35.5. The number of benzene rings is 2. The zero-order valence-electron chi connectivity index (χ0n) is 15.5. The van der Waals surface area contributed by atoms with Crippen LogP contribution in [0.4, 0.5) is 5.13 Å². The molecule has 0 saturated carbocycles. The van der Waals surface area contributed by atoms with Crippen LogP contribution in [0.1, 0.15) is 31.9 Å². The van der Waals surface area contributed by atoms with Gasteiger partial charge in [0.15, 0.2) is 5.13 Å². The molecule has 0 fully saturated rings. The number of anilines is 1. The molecule has 0 radical (unpaired) electrons. The van der Waals surface area contributed by atoms with Crippen molar-refractivity contribution in [2.24, 2.45) is 0 Å². The lowest BCUT2D eigenvalue weighted by molar-refractivity contribution is 0.102. The number of fused-ring (bicyclic) bond motifs is 1. The first-order chi connectivity index (χ1) is 12.1. The lowest BCUT2D eigenvalue weighted by atomic mass is 9.93. The first kappa shape index (κ1) is 20.6. The molecule has 4 nitrogen and oxygen atoms in total. The Labute approximate surface area is 163 Å². The van der Waals surface area contributed by atoms with Crippen molar-refractivity contribution in [1.29, 1.82) is 0 Å². The molecule has 4 N–H and O–H groups in total. The number of thiazole rings is 1. The minimum absolute atomic E-state index is 0.112. The van der Waals surface area contributed by atoms with Gasteiger partial charge in [0.2, 0.25) is 0 Å². The minimum Gasteiger partial charge on any atom is -0.396 e. The van der Waals surface area contributed by atoms with Gasteiger partial charge < -0.3 is 15.9 Å². The Bertz CT molecular complexity index is 877. The van der Waals surface area contributed by atoms with Gasteiger partial charge in [-0.25, -0.2) is 4.98 Å². The molecule has 0 atom stereocenters. The zero-order valence-corrected chi connectivity index (χ0v) is 17.1. The summed E-state index contributed by atoms with van der Waals surface area (Å²) in [6.45, 7) is 7.38. The first-order valence-electron chi connectivity index (χ1n) is 8.38. The van der Waals surface area contributed by atoms with Crippen molar-refractivity contribution >= 4 is 38.3 Å². The van der Waals surface area contributed by atoms with Crippen LogP contribution >= 0.6 is 22.9 Å². The van der Waals surface area contributed by atoms with E-state index in [1.54, 1.807) is 20.8 Å². The largest absolute Gasteiger partial charge is 0.396 e. The van der Waals surface area contributed by atoms with Gasteiger partial charge in [0.05, 0.1) is 15.8 Å². The average molecular weight is 393 g/mol. The summed E-state index contributed by atoms with van der Waals surface area (Å²) in [6, 6.07) is 9.77. The van der Waals surface area contributed by atoms with Gasteiger partial charge in [0.1, 0.15) is 0 Å². The van der Waals surface area contributed by atoms with Gasteiger partial charge in [-0.1, -0.05) is 35.1 Å². The number of hydrogen-bond acceptors (Lipinski definition) is 5. The fourth-order valence-electron chi connectivity index (χ4n) is 2.61. The Morgan fingerprint density at radius 2 is 1.77 bits per heavy atom. The van der Waals surface area contributed by atoms with Crippen molar-refractivity contribution in [3.05, 3.63) is 46.5 Å². The number of hydrogen-bond donors (Lipinski definition) is 3. The third kappa shape index (κ3) is 5.42. The number of aryl methyl sites for hydroxylation is 1. The number of aliphatic hydroxyl groups is 2. The van der Waals surface area contributed by atoms with Crippen LogP contribution in [0, 0.1) is 6.92 Å². The standard InChI is InChI=1S/C16H15ClN2OS.C4H10O/c1-9-8-13-15(21-16(18)19-13)14(12(9)6-7-20)10-2-4-11(17)5-3-10;1-4(2,3)5/h2-5,8,20H,6-7H2,1H3,(H2,18,19);5H,1-3H3. The van der Waals surface area contributed by atoms with E-state index in [0.29, 0.717) is 16.6 Å². The summed E-state index contributed by atoms with van der Waals surface area (Å²) in [5.74, 6) is 0. The van der Waals surface area contributed by atoms with Crippen LogP contribution in [0.15, 0.2) is 30.3 Å². The fourth-order valence-corrected chi connectivity index (χ4v) is 3.64. The predicted molar refractivity (Wildman–Crippen MR) is 112 cm³/mol. The summed E-state index contributed by atoms with van der Waals surface area (Å²) < 4.78 is 1.06. The molecule has 140 valence electrons. The number of nitrogens with two attached hydrogens (primary N) is 1. The van der Waals surface area contributed by atoms with E-state index in [0.717, 1.165) is 32.5 Å². The van der Waals surface area contributed by atoms with Gasteiger partial charge in [-0.15, -0.1) is 0 Å². The highest BCUT2D eigenvalue weighted by molar-refractivity contribution is 7.22.